The topological polar surface area (TPSA) is 102 Å². The molecule has 0 radical (unpaired) electrons. The van der Waals surface area contributed by atoms with E-state index >= 15 is 0 Å². The second kappa shape index (κ2) is 10.0. The molecule has 8 heteroatoms. The van der Waals surface area contributed by atoms with Crippen molar-refractivity contribution < 1.29 is 28.7 Å². The van der Waals surface area contributed by atoms with Gasteiger partial charge >= 0.3 is 12.2 Å². The third-order valence-electron chi connectivity index (χ3n) is 4.23. The van der Waals surface area contributed by atoms with E-state index in [1.54, 1.807) is 20.8 Å². The van der Waals surface area contributed by atoms with Crippen molar-refractivity contribution in [3.63, 3.8) is 0 Å². The molecule has 1 aliphatic heterocycles. The number of carbonyl (C=O) groups is 4. The van der Waals surface area contributed by atoms with Crippen LogP contribution in [0, 0.1) is 0 Å². The molecule has 0 aromatic heterocycles. The van der Waals surface area contributed by atoms with Crippen molar-refractivity contribution in [1.82, 2.24) is 10.2 Å². The number of piperidine rings is 1. The van der Waals surface area contributed by atoms with Crippen molar-refractivity contribution in [2.24, 2.45) is 0 Å². The molecule has 1 N–H and O–H groups in total. The zero-order valence-corrected chi connectivity index (χ0v) is 17.1. The minimum absolute atomic E-state index is 0.101. The monoisotopic (exact) mass is 404 g/mol. The summed E-state index contributed by atoms with van der Waals surface area (Å²) in [5.74, 6) is -0.745. The first-order valence-corrected chi connectivity index (χ1v) is 9.67. The number of alkyl carbamates (subject to hydrolysis) is 1. The van der Waals surface area contributed by atoms with Crippen molar-refractivity contribution in [3.8, 4) is 0 Å². The fourth-order valence-corrected chi connectivity index (χ4v) is 2.98. The lowest BCUT2D eigenvalue weighted by Gasteiger charge is -2.34. The zero-order chi connectivity index (χ0) is 21.4. The van der Waals surface area contributed by atoms with Crippen LogP contribution in [0.2, 0.25) is 0 Å². The standard InChI is InChI=1S/C21H28N2O6/c1-21(2,3)29-20(27)23-16(12-17(24)13-18(23)25)10-7-11-22-19(26)28-14-15-8-5-4-6-9-15/h4-6,8-9,16H,7,10-14H2,1-3H3,(H,22,26). The fourth-order valence-electron chi connectivity index (χ4n) is 2.98. The van der Waals surface area contributed by atoms with Crippen LogP contribution in [-0.4, -0.2) is 47.0 Å². The Morgan fingerprint density at radius 1 is 1.17 bits per heavy atom. The quantitative estimate of drug-likeness (QED) is 0.577. The normalized spacial score (nSPS) is 17.1. The van der Waals surface area contributed by atoms with E-state index in [0.29, 0.717) is 19.4 Å². The van der Waals surface area contributed by atoms with Crippen LogP contribution in [0.1, 0.15) is 52.0 Å². The van der Waals surface area contributed by atoms with Gasteiger partial charge in [0.15, 0.2) is 0 Å². The molecule has 1 fully saturated rings. The molecule has 0 bridgehead atoms. The Morgan fingerprint density at radius 2 is 1.86 bits per heavy atom. The van der Waals surface area contributed by atoms with Gasteiger partial charge in [0.1, 0.15) is 18.0 Å². The van der Waals surface area contributed by atoms with Crippen molar-refractivity contribution >= 4 is 23.9 Å². The first-order valence-electron chi connectivity index (χ1n) is 9.67. The van der Waals surface area contributed by atoms with Gasteiger partial charge in [-0.1, -0.05) is 30.3 Å². The number of hydrogen-bond acceptors (Lipinski definition) is 6. The summed E-state index contributed by atoms with van der Waals surface area (Å²) in [4.78, 5) is 49.2. The van der Waals surface area contributed by atoms with Crippen molar-refractivity contribution in [2.45, 2.75) is 64.7 Å². The number of amides is 3. The Bertz CT molecular complexity index is 741. The molecule has 2 rings (SSSR count). The van der Waals surface area contributed by atoms with Crippen LogP contribution < -0.4 is 5.32 Å². The van der Waals surface area contributed by atoms with Gasteiger partial charge in [-0.05, 0) is 39.2 Å². The highest BCUT2D eigenvalue weighted by atomic mass is 16.6. The fraction of sp³-hybridized carbons (Fsp3) is 0.524. The third kappa shape index (κ3) is 7.56. The molecule has 1 heterocycles. The van der Waals surface area contributed by atoms with E-state index in [0.717, 1.165) is 10.5 Å². The van der Waals surface area contributed by atoms with E-state index in [1.807, 2.05) is 30.3 Å². The van der Waals surface area contributed by atoms with Gasteiger partial charge < -0.3 is 14.8 Å². The number of benzene rings is 1. The van der Waals surface area contributed by atoms with Crippen molar-refractivity contribution in [1.29, 1.82) is 0 Å². The van der Waals surface area contributed by atoms with Gasteiger partial charge in [0, 0.05) is 13.0 Å². The molecular weight excluding hydrogens is 376 g/mol. The molecule has 1 aromatic carbocycles. The largest absolute Gasteiger partial charge is 0.445 e. The van der Waals surface area contributed by atoms with Crippen LogP contribution in [0.25, 0.3) is 0 Å². The van der Waals surface area contributed by atoms with E-state index in [2.05, 4.69) is 5.32 Å². The highest BCUT2D eigenvalue weighted by Crippen LogP contribution is 2.22. The van der Waals surface area contributed by atoms with Gasteiger partial charge in [0.2, 0.25) is 5.91 Å². The van der Waals surface area contributed by atoms with Crippen LogP contribution in [0.15, 0.2) is 30.3 Å². The highest BCUT2D eigenvalue weighted by molar-refractivity contribution is 6.06. The van der Waals surface area contributed by atoms with E-state index in [9.17, 15) is 19.2 Å². The van der Waals surface area contributed by atoms with E-state index in [1.165, 1.54) is 0 Å². The number of carbonyl (C=O) groups excluding carboxylic acids is 4. The molecule has 8 nitrogen and oxygen atoms in total. The first kappa shape index (κ1) is 22.4. The molecule has 1 unspecified atom stereocenters. The van der Waals surface area contributed by atoms with Crippen molar-refractivity contribution in [3.05, 3.63) is 35.9 Å². The number of imide groups is 1. The van der Waals surface area contributed by atoms with E-state index in [-0.39, 0.29) is 25.2 Å². The predicted molar refractivity (Wildman–Crippen MR) is 105 cm³/mol. The maximum absolute atomic E-state index is 12.4. The summed E-state index contributed by atoms with van der Waals surface area (Å²) < 4.78 is 10.4. The zero-order valence-electron chi connectivity index (χ0n) is 17.1. The molecule has 3 amide bonds. The summed E-state index contributed by atoms with van der Waals surface area (Å²) in [7, 11) is 0. The van der Waals surface area contributed by atoms with Gasteiger partial charge in [0.25, 0.3) is 0 Å². The second-order valence-electron chi connectivity index (χ2n) is 7.95. The smallest absolute Gasteiger partial charge is 0.417 e. The minimum Gasteiger partial charge on any atom is -0.445 e. The molecule has 158 valence electrons. The number of nitrogens with one attached hydrogen (secondary N) is 1. The molecule has 0 spiro atoms. The molecule has 0 saturated carbocycles. The molecule has 1 aliphatic rings. The van der Waals surface area contributed by atoms with Gasteiger partial charge in [-0.3, -0.25) is 9.59 Å². The maximum Gasteiger partial charge on any atom is 0.417 e. The van der Waals surface area contributed by atoms with Gasteiger partial charge in [-0.25, -0.2) is 14.5 Å². The molecule has 1 saturated heterocycles. The molecular formula is C21H28N2O6. The molecule has 0 aliphatic carbocycles. The van der Waals surface area contributed by atoms with Crippen LogP contribution in [-0.2, 0) is 25.7 Å². The summed E-state index contributed by atoms with van der Waals surface area (Å²) in [6.07, 6.45) is -0.618. The van der Waals surface area contributed by atoms with Crippen LogP contribution in [0.5, 0.6) is 0 Å². The SMILES string of the molecule is CC(C)(C)OC(=O)N1C(=O)CC(=O)CC1CCCNC(=O)OCc1ccccc1. The average Bonchev–Trinajstić information content (AvgIpc) is 2.62. The first-order chi connectivity index (χ1) is 13.7. The van der Waals surface area contributed by atoms with Gasteiger partial charge in [-0.15, -0.1) is 0 Å². The Morgan fingerprint density at radius 3 is 2.52 bits per heavy atom. The Balaban J connectivity index is 1.80. The number of likely N-dealkylation sites (tertiary alicyclic amines) is 1. The third-order valence-corrected chi connectivity index (χ3v) is 4.23. The number of Topliss-reactive ketones (excluding diaryl/α,β-unsaturated/α-hetero) is 1. The van der Waals surface area contributed by atoms with Gasteiger partial charge in [0.05, 0.1) is 12.5 Å². The number of nitrogens with zero attached hydrogens (tertiary/aromatic N) is 1. The maximum atomic E-state index is 12.4. The highest BCUT2D eigenvalue weighted by Gasteiger charge is 2.38. The predicted octanol–water partition coefficient (Wildman–Crippen LogP) is 3.19. The Kier molecular flexibility index (Phi) is 7.75. The Labute approximate surface area is 170 Å². The molecule has 1 atom stereocenters. The number of ketones is 1. The lowest BCUT2D eigenvalue weighted by atomic mass is 9.97. The molecule has 1 aromatic rings. The summed E-state index contributed by atoms with van der Waals surface area (Å²) >= 11 is 0. The summed E-state index contributed by atoms with van der Waals surface area (Å²) in [5, 5.41) is 2.63. The second-order valence-corrected chi connectivity index (χ2v) is 7.95. The summed E-state index contributed by atoms with van der Waals surface area (Å²) in [6, 6.07) is 8.75. The minimum atomic E-state index is -0.743. The lowest BCUT2D eigenvalue weighted by Crippen LogP contribution is -2.51. The van der Waals surface area contributed by atoms with Crippen molar-refractivity contribution in [2.75, 3.05) is 6.54 Å². The van der Waals surface area contributed by atoms with Crippen LogP contribution >= 0.6 is 0 Å². The van der Waals surface area contributed by atoms with Gasteiger partial charge in [-0.2, -0.15) is 0 Å². The number of hydrogen-bond donors (Lipinski definition) is 1. The van der Waals surface area contributed by atoms with Crippen LogP contribution in [0.3, 0.4) is 0 Å². The summed E-state index contributed by atoms with van der Waals surface area (Å²) in [6.45, 7) is 5.61. The number of rotatable bonds is 6. The summed E-state index contributed by atoms with van der Waals surface area (Å²) in [5.41, 5.74) is 0.142. The van der Waals surface area contributed by atoms with E-state index in [4.69, 9.17) is 9.47 Å². The van der Waals surface area contributed by atoms with E-state index < -0.39 is 29.7 Å². The lowest BCUT2D eigenvalue weighted by molar-refractivity contribution is -0.141. The average molecular weight is 404 g/mol. The number of ether oxygens (including phenoxy) is 2. The Hall–Kier alpha value is -2.90. The van der Waals surface area contributed by atoms with Crippen LogP contribution in [0.4, 0.5) is 9.59 Å². The molecule has 29 heavy (non-hydrogen) atoms.